The van der Waals surface area contributed by atoms with E-state index in [9.17, 15) is 0 Å². The number of aromatic nitrogens is 3. The Morgan fingerprint density at radius 3 is 2.74 bits per heavy atom. The molecule has 2 aromatic heterocycles. The van der Waals surface area contributed by atoms with E-state index < -0.39 is 0 Å². The summed E-state index contributed by atoms with van der Waals surface area (Å²) >= 11 is 1.44. The maximum Gasteiger partial charge on any atom is 0.277 e. The molecule has 0 aliphatic heterocycles. The van der Waals surface area contributed by atoms with Gasteiger partial charge in [-0.2, -0.15) is 0 Å². The molecule has 23 heavy (non-hydrogen) atoms. The molecule has 3 rings (SSSR count). The van der Waals surface area contributed by atoms with Crippen LogP contribution in [0.5, 0.6) is 11.5 Å². The number of hydrogen-bond acceptors (Lipinski definition) is 7. The standard InChI is InChI=1S/C16H15N3O3S/c1-20-12-6-7-13(14(9-12)21-2)15-18-19-16(22-15)23-10-11-5-3-4-8-17-11/h3-9H,10H2,1-2H3. The van der Waals surface area contributed by atoms with Crippen molar-refractivity contribution in [2.75, 3.05) is 14.2 Å². The zero-order valence-electron chi connectivity index (χ0n) is 12.7. The number of benzene rings is 1. The highest BCUT2D eigenvalue weighted by atomic mass is 32.2. The zero-order chi connectivity index (χ0) is 16.1. The van der Waals surface area contributed by atoms with Gasteiger partial charge in [-0.15, -0.1) is 10.2 Å². The molecule has 0 unspecified atom stereocenters. The van der Waals surface area contributed by atoms with Gasteiger partial charge in [0, 0.05) is 18.0 Å². The molecule has 0 saturated heterocycles. The summed E-state index contributed by atoms with van der Waals surface area (Å²) in [6.45, 7) is 0. The Hall–Kier alpha value is -2.54. The van der Waals surface area contributed by atoms with Crippen LogP contribution in [0.4, 0.5) is 0 Å². The Bertz CT molecular complexity index is 777. The molecule has 0 radical (unpaired) electrons. The molecule has 3 aromatic rings. The normalized spacial score (nSPS) is 10.5. The molecule has 2 heterocycles. The summed E-state index contributed by atoms with van der Waals surface area (Å²) in [6, 6.07) is 11.2. The van der Waals surface area contributed by atoms with Crippen molar-refractivity contribution in [2.24, 2.45) is 0 Å². The SMILES string of the molecule is COc1ccc(-c2nnc(SCc3ccccn3)o2)c(OC)c1. The molecule has 6 nitrogen and oxygen atoms in total. The highest BCUT2D eigenvalue weighted by Crippen LogP contribution is 2.34. The smallest absolute Gasteiger partial charge is 0.277 e. The van der Waals surface area contributed by atoms with E-state index >= 15 is 0 Å². The number of methoxy groups -OCH3 is 2. The summed E-state index contributed by atoms with van der Waals surface area (Å²) in [4.78, 5) is 4.26. The van der Waals surface area contributed by atoms with Gasteiger partial charge in [0.15, 0.2) is 0 Å². The number of rotatable bonds is 6. The Balaban J connectivity index is 1.76. The van der Waals surface area contributed by atoms with E-state index in [4.69, 9.17) is 13.9 Å². The first-order valence-corrected chi connectivity index (χ1v) is 7.87. The zero-order valence-corrected chi connectivity index (χ0v) is 13.5. The molecule has 0 aliphatic carbocycles. The van der Waals surface area contributed by atoms with Crippen LogP contribution in [0, 0.1) is 0 Å². The summed E-state index contributed by atoms with van der Waals surface area (Å²) in [5.41, 5.74) is 1.68. The molecule has 0 bridgehead atoms. The highest BCUT2D eigenvalue weighted by molar-refractivity contribution is 7.98. The second-order valence-corrected chi connectivity index (χ2v) is 5.48. The van der Waals surface area contributed by atoms with Crippen molar-refractivity contribution in [3.05, 3.63) is 48.3 Å². The largest absolute Gasteiger partial charge is 0.497 e. The molecular formula is C16H15N3O3S. The molecule has 7 heteroatoms. The number of thioether (sulfide) groups is 1. The fourth-order valence-electron chi connectivity index (χ4n) is 1.97. The van der Waals surface area contributed by atoms with Gasteiger partial charge in [0.25, 0.3) is 11.1 Å². The quantitative estimate of drug-likeness (QED) is 0.641. The maximum atomic E-state index is 5.70. The Morgan fingerprint density at radius 1 is 1.09 bits per heavy atom. The van der Waals surface area contributed by atoms with E-state index in [0.717, 1.165) is 11.3 Å². The summed E-state index contributed by atoms with van der Waals surface area (Å²) in [5, 5.41) is 8.63. The monoisotopic (exact) mass is 329 g/mol. The van der Waals surface area contributed by atoms with E-state index in [2.05, 4.69) is 15.2 Å². The van der Waals surface area contributed by atoms with Crippen molar-refractivity contribution in [1.82, 2.24) is 15.2 Å². The van der Waals surface area contributed by atoms with E-state index in [0.29, 0.717) is 28.4 Å². The van der Waals surface area contributed by atoms with Crippen LogP contribution in [0.25, 0.3) is 11.5 Å². The Kier molecular flexibility index (Phi) is 4.77. The van der Waals surface area contributed by atoms with Gasteiger partial charge in [0.1, 0.15) is 11.5 Å². The second-order valence-electron chi connectivity index (χ2n) is 4.55. The number of nitrogens with zero attached hydrogens (tertiary/aromatic N) is 3. The van der Waals surface area contributed by atoms with E-state index in [1.165, 1.54) is 11.8 Å². The fraction of sp³-hybridized carbons (Fsp3) is 0.188. The molecule has 0 saturated carbocycles. The maximum absolute atomic E-state index is 5.70. The molecule has 0 N–H and O–H groups in total. The minimum atomic E-state index is 0.410. The number of ether oxygens (including phenoxy) is 2. The average molecular weight is 329 g/mol. The van der Waals surface area contributed by atoms with Crippen LogP contribution in [-0.4, -0.2) is 29.4 Å². The molecular weight excluding hydrogens is 314 g/mol. The first kappa shape index (κ1) is 15.4. The molecule has 0 amide bonds. The van der Waals surface area contributed by atoms with Crippen molar-refractivity contribution < 1.29 is 13.9 Å². The number of pyridine rings is 1. The van der Waals surface area contributed by atoms with Gasteiger partial charge < -0.3 is 13.9 Å². The molecule has 0 atom stereocenters. The van der Waals surface area contributed by atoms with Gasteiger partial charge in [0.05, 0.1) is 25.5 Å². The average Bonchev–Trinajstić information content (AvgIpc) is 3.09. The van der Waals surface area contributed by atoms with Crippen LogP contribution in [0.2, 0.25) is 0 Å². The molecule has 1 aromatic carbocycles. The van der Waals surface area contributed by atoms with Gasteiger partial charge in [0.2, 0.25) is 0 Å². The minimum Gasteiger partial charge on any atom is -0.497 e. The lowest BCUT2D eigenvalue weighted by Gasteiger charge is -2.07. The first-order valence-electron chi connectivity index (χ1n) is 6.89. The van der Waals surface area contributed by atoms with Crippen LogP contribution in [0.1, 0.15) is 5.69 Å². The topological polar surface area (TPSA) is 70.3 Å². The third-order valence-electron chi connectivity index (χ3n) is 3.12. The third kappa shape index (κ3) is 3.62. The van der Waals surface area contributed by atoms with Crippen molar-refractivity contribution in [1.29, 1.82) is 0 Å². The van der Waals surface area contributed by atoms with Crippen LogP contribution in [0.15, 0.2) is 52.2 Å². The predicted molar refractivity (Wildman–Crippen MR) is 86.6 cm³/mol. The molecule has 118 valence electrons. The lowest BCUT2D eigenvalue weighted by atomic mass is 10.2. The highest BCUT2D eigenvalue weighted by Gasteiger charge is 2.15. The Labute approximate surface area is 137 Å². The van der Waals surface area contributed by atoms with Crippen molar-refractivity contribution in [2.45, 2.75) is 11.0 Å². The van der Waals surface area contributed by atoms with Gasteiger partial charge in [-0.25, -0.2) is 0 Å². The summed E-state index contributed by atoms with van der Waals surface area (Å²) in [6.07, 6.45) is 1.76. The van der Waals surface area contributed by atoms with Crippen molar-refractivity contribution in [3.63, 3.8) is 0 Å². The summed E-state index contributed by atoms with van der Waals surface area (Å²) in [5.74, 6) is 2.40. The fourth-order valence-corrected chi connectivity index (χ4v) is 2.65. The van der Waals surface area contributed by atoms with Crippen LogP contribution in [0.3, 0.4) is 0 Å². The summed E-state index contributed by atoms with van der Waals surface area (Å²) < 4.78 is 16.2. The van der Waals surface area contributed by atoms with E-state index in [-0.39, 0.29) is 0 Å². The van der Waals surface area contributed by atoms with Crippen LogP contribution >= 0.6 is 11.8 Å². The van der Waals surface area contributed by atoms with E-state index in [1.54, 1.807) is 26.5 Å². The second kappa shape index (κ2) is 7.15. The van der Waals surface area contributed by atoms with Crippen LogP contribution in [-0.2, 0) is 5.75 Å². The van der Waals surface area contributed by atoms with Crippen molar-refractivity contribution in [3.8, 4) is 23.0 Å². The lowest BCUT2D eigenvalue weighted by molar-refractivity contribution is 0.393. The van der Waals surface area contributed by atoms with Crippen LogP contribution < -0.4 is 9.47 Å². The van der Waals surface area contributed by atoms with Gasteiger partial charge in [-0.1, -0.05) is 17.8 Å². The van der Waals surface area contributed by atoms with Crippen molar-refractivity contribution >= 4 is 11.8 Å². The minimum absolute atomic E-state index is 0.410. The van der Waals surface area contributed by atoms with E-state index in [1.807, 2.05) is 30.3 Å². The van der Waals surface area contributed by atoms with Gasteiger partial charge in [-0.3, -0.25) is 4.98 Å². The molecule has 0 aliphatic rings. The predicted octanol–water partition coefficient (Wildman–Crippen LogP) is 3.44. The molecule has 0 fully saturated rings. The lowest BCUT2D eigenvalue weighted by Crippen LogP contribution is -1.90. The first-order chi connectivity index (χ1) is 11.3. The number of hydrogen-bond donors (Lipinski definition) is 0. The Morgan fingerprint density at radius 2 is 2.00 bits per heavy atom. The third-order valence-corrected chi connectivity index (χ3v) is 3.97. The molecule has 0 spiro atoms. The van der Waals surface area contributed by atoms with Gasteiger partial charge in [-0.05, 0) is 24.3 Å². The van der Waals surface area contributed by atoms with Gasteiger partial charge >= 0.3 is 0 Å². The summed E-state index contributed by atoms with van der Waals surface area (Å²) in [7, 11) is 3.19.